The molecule has 3 nitrogen and oxygen atoms in total. The summed E-state index contributed by atoms with van der Waals surface area (Å²) in [4.78, 5) is 3.93. The summed E-state index contributed by atoms with van der Waals surface area (Å²) in [6.07, 6.45) is 3.32. The summed E-state index contributed by atoms with van der Waals surface area (Å²) in [5, 5.41) is 4.96. The lowest BCUT2D eigenvalue weighted by Crippen LogP contribution is -1.99. The van der Waals surface area contributed by atoms with Crippen LogP contribution in [0.3, 0.4) is 0 Å². The number of hydrogen-bond acceptors (Lipinski definition) is 2. The summed E-state index contributed by atoms with van der Waals surface area (Å²) in [5.41, 5.74) is 2.92. The second kappa shape index (κ2) is 3.42. The zero-order valence-corrected chi connectivity index (χ0v) is 8.78. The van der Waals surface area contributed by atoms with E-state index in [9.17, 15) is 0 Å². The largest absolute Gasteiger partial charge is 0.263 e. The Morgan fingerprint density at radius 1 is 1.36 bits per heavy atom. The van der Waals surface area contributed by atoms with Crippen LogP contribution >= 0.6 is 11.6 Å². The monoisotopic (exact) mass is 207 g/mol. The van der Waals surface area contributed by atoms with Crippen molar-refractivity contribution in [3.05, 3.63) is 40.9 Å². The third-order valence-electron chi connectivity index (χ3n) is 1.99. The van der Waals surface area contributed by atoms with Gasteiger partial charge in [-0.15, -0.1) is 0 Å². The summed E-state index contributed by atoms with van der Waals surface area (Å²) < 4.78 is 1.82. The maximum atomic E-state index is 6.02. The third-order valence-corrected chi connectivity index (χ3v) is 2.28. The minimum atomic E-state index is 0.610. The van der Waals surface area contributed by atoms with Gasteiger partial charge >= 0.3 is 0 Å². The van der Waals surface area contributed by atoms with E-state index in [2.05, 4.69) is 10.1 Å². The van der Waals surface area contributed by atoms with Gasteiger partial charge in [-0.2, -0.15) is 5.10 Å². The number of pyridine rings is 1. The molecule has 0 aliphatic rings. The van der Waals surface area contributed by atoms with Crippen molar-refractivity contribution in [1.82, 2.24) is 14.8 Å². The lowest BCUT2D eigenvalue weighted by molar-refractivity contribution is 0.832. The second-order valence-corrected chi connectivity index (χ2v) is 3.57. The minimum absolute atomic E-state index is 0.610. The molecule has 0 saturated heterocycles. The van der Waals surface area contributed by atoms with Crippen molar-refractivity contribution in [3.63, 3.8) is 0 Å². The maximum Gasteiger partial charge on any atom is 0.0866 e. The molecule has 2 heterocycles. The van der Waals surface area contributed by atoms with Gasteiger partial charge in [0.25, 0.3) is 0 Å². The van der Waals surface area contributed by atoms with Crippen LogP contribution in [-0.2, 0) is 0 Å². The van der Waals surface area contributed by atoms with Crippen LogP contribution in [0.1, 0.15) is 11.4 Å². The Morgan fingerprint density at radius 2 is 2.14 bits per heavy atom. The number of nitrogens with zero attached hydrogens (tertiary/aromatic N) is 3. The van der Waals surface area contributed by atoms with Crippen molar-refractivity contribution in [3.8, 4) is 5.69 Å². The Morgan fingerprint density at radius 3 is 2.71 bits per heavy atom. The first-order valence-electron chi connectivity index (χ1n) is 4.31. The summed E-state index contributed by atoms with van der Waals surface area (Å²) in [6, 6.07) is 3.86. The van der Waals surface area contributed by atoms with Crippen LogP contribution in [0.5, 0.6) is 0 Å². The third kappa shape index (κ3) is 1.51. The lowest BCUT2D eigenvalue weighted by atomic mass is 10.3. The first-order chi connectivity index (χ1) is 6.68. The predicted molar refractivity (Wildman–Crippen MR) is 55.8 cm³/mol. The van der Waals surface area contributed by atoms with Gasteiger partial charge in [0.2, 0.25) is 0 Å². The van der Waals surface area contributed by atoms with Gasteiger partial charge in [0.1, 0.15) is 0 Å². The molecule has 4 heteroatoms. The number of halogens is 1. The second-order valence-electron chi connectivity index (χ2n) is 3.17. The van der Waals surface area contributed by atoms with E-state index in [0.29, 0.717) is 5.02 Å². The average molecular weight is 208 g/mol. The van der Waals surface area contributed by atoms with Crippen molar-refractivity contribution in [2.24, 2.45) is 0 Å². The van der Waals surface area contributed by atoms with Crippen LogP contribution in [0.25, 0.3) is 5.69 Å². The van der Waals surface area contributed by atoms with Crippen molar-refractivity contribution in [2.45, 2.75) is 13.8 Å². The van der Waals surface area contributed by atoms with E-state index in [0.717, 1.165) is 17.1 Å². The van der Waals surface area contributed by atoms with Crippen LogP contribution in [0, 0.1) is 13.8 Å². The van der Waals surface area contributed by atoms with Gasteiger partial charge in [-0.1, -0.05) is 11.6 Å². The van der Waals surface area contributed by atoms with E-state index in [4.69, 9.17) is 11.6 Å². The molecule has 2 aromatic rings. The molecule has 0 unspecified atom stereocenters. The zero-order chi connectivity index (χ0) is 10.1. The Bertz CT molecular complexity index is 462. The molecule has 14 heavy (non-hydrogen) atoms. The van der Waals surface area contributed by atoms with Crippen molar-refractivity contribution < 1.29 is 0 Å². The van der Waals surface area contributed by atoms with Crippen LogP contribution < -0.4 is 0 Å². The van der Waals surface area contributed by atoms with E-state index in [-0.39, 0.29) is 0 Å². The van der Waals surface area contributed by atoms with Crippen LogP contribution in [-0.4, -0.2) is 14.8 Å². The van der Waals surface area contributed by atoms with Crippen LogP contribution in [0.15, 0.2) is 24.5 Å². The fraction of sp³-hybridized carbons (Fsp3) is 0.200. The van der Waals surface area contributed by atoms with Gasteiger partial charge in [0, 0.05) is 18.1 Å². The molecular weight excluding hydrogens is 198 g/mol. The van der Waals surface area contributed by atoms with E-state index in [1.807, 2.05) is 30.7 Å². The number of hydrogen-bond donors (Lipinski definition) is 0. The number of aromatic nitrogens is 3. The molecule has 0 aromatic carbocycles. The molecule has 0 N–H and O–H groups in total. The lowest BCUT2D eigenvalue weighted by Gasteiger charge is -2.05. The van der Waals surface area contributed by atoms with Crippen molar-refractivity contribution >= 4 is 11.6 Å². The first kappa shape index (κ1) is 9.21. The number of rotatable bonds is 1. The number of aryl methyl sites for hydroxylation is 2. The summed E-state index contributed by atoms with van der Waals surface area (Å²) in [5.74, 6) is 0. The molecule has 0 fully saturated rings. The van der Waals surface area contributed by atoms with Crippen LogP contribution in [0.4, 0.5) is 0 Å². The van der Waals surface area contributed by atoms with Gasteiger partial charge < -0.3 is 0 Å². The molecule has 72 valence electrons. The molecule has 0 bridgehead atoms. The van der Waals surface area contributed by atoms with Gasteiger partial charge in [-0.05, 0) is 26.0 Å². The summed E-state index contributed by atoms with van der Waals surface area (Å²) in [7, 11) is 0. The highest BCUT2D eigenvalue weighted by Crippen LogP contribution is 2.19. The van der Waals surface area contributed by atoms with Gasteiger partial charge in [-0.3, -0.25) is 4.98 Å². The Labute approximate surface area is 87.3 Å². The van der Waals surface area contributed by atoms with Gasteiger partial charge in [-0.25, -0.2) is 4.68 Å². The SMILES string of the molecule is Cc1cc(C)n(-c2ccncc2Cl)n1. The molecule has 2 aromatic heterocycles. The van der Waals surface area contributed by atoms with Crippen LogP contribution in [0.2, 0.25) is 5.02 Å². The van der Waals surface area contributed by atoms with Crippen molar-refractivity contribution in [1.29, 1.82) is 0 Å². The Balaban J connectivity index is 2.60. The fourth-order valence-electron chi connectivity index (χ4n) is 1.41. The molecule has 0 aliphatic heterocycles. The highest BCUT2D eigenvalue weighted by Gasteiger charge is 2.06. The quantitative estimate of drug-likeness (QED) is 0.720. The highest BCUT2D eigenvalue weighted by atomic mass is 35.5. The average Bonchev–Trinajstić information content (AvgIpc) is 2.46. The van der Waals surface area contributed by atoms with E-state index in [1.165, 1.54) is 0 Å². The predicted octanol–water partition coefficient (Wildman–Crippen LogP) is 2.54. The summed E-state index contributed by atoms with van der Waals surface area (Å²) >= 11 is 6.02. The molecule has 0 aliphatic carbocycles. The van der Waals surface area contributed by atoms with Crippen molar-refractivity contribution in [2.75, 3.05) is 0 Å². The smallest absolute Gasteiger partial charge is 0.0866 e. The molecule has 0 saturated carbocycles. The molecule has 0 amide bonds. The standard InChI is InChI=1S/C10H10ClN3/c1-7-5-8(2)14(13-7)10-3-4-12-6-9(10)11/h3-6H,1-2H3. The first-order valence-corrected chi connectivity index (χ1v) is 4.69. The van der Waals surface area contributed by atoms with Gasteiger partial charge in [0.15, 0.2) is 0 Å². The Kier molecular flexibility index (Phi) is 2.25. The molecule has 0 radical (unpaired) electrons. The summed E-state index contributed by atoms with van der Waals surface area (Å²) in [6.45, 7) is 3.95. The normalized spacial score (nSPS) is 10.5. The van der Waals surface area contributed by atoms with Gasteiger partial charge in [0.05, 0.1) is 16.4 Å². The molecule has 0 spiro atoms. The molecular formula is C10H10ClN3. The van der Waals surface area contributed by atoms with E-state index in [1.54, 1.807) is 12.4 Å². The van der Waals surface area contributed by atoms with E-state index >= 15 is 0 Å². The molecule has 0 atom stereocenters. The maximum absolute atomic E-state index is 6.02. The minimum Gasteiger partial charge on any atom is -0.263 e. The molecule has 2 rings (SSSR count). The fourth-order valence-corrected chi connectivity index (χ4v) is 1.61. The van der Waals surface area contributed by atoms with E-state index < -0.39 is 0 Å². The topological polar surface area (TPSA) is 30.7 Å². The Hall–Kier alpha value is -1.35. The highest BCUT2D eigenvalue weighted by molar-refractivity contribution is 6.32. The zero-order valence-electron chi connectivity index (χ0n) is 8.03.